The van der Waals surface area contributed by atoms with E-state index in [1.165, 1.54) is 38.5 Å². The van der Waals surface area contributed by atoms with E-state index in [1.807, 2.05) is 0 Å². The molecule has 0 saturated heterocycles. The predicted octanol–water partition coefficient (Wildman–Crippen LogP) is 4.22. The van der Waals surface area contributed by atoms with Gasteiger partial charge in [-0.2, -0.15) is 0 Å². The Morgan fingerprint density at radius 1 is 1.25 bits per heavy atom. The van der Waals surface area contributed by atoms with Crippen molar-refractivity contribution in [2.45, 2.75) is 57.7 Å². The third-order valence-electron chi connectivity index (χ3n) is 3.05. The van der Waals surface area contributed by atoms with E-state index < -0.39 is 0 Å². The van der Waals surface area contributed by atoms with E-state index in [2.05, 4.69) is 13.8 Å². The fraction of sp³-hybridized carbons (Fsp3) is 1.00. The summed E-state index contributed by atoms with van der Waals surface area (Å²) in [7, 11) is 0. The predicted molar refractivity (Wildman–Crippen MR) is 55.7 cm³/mol. The second-order valence-corrected chi connectivity index (χ2v) is 5.05. The van der Waals surface area contributed by atoms with Gasteiger partial charge in [-0.15, -0.1) is 11.6 Å². The van der Waals surface area contributed by atoms with Crippen LogP contribution in [0.25, 0.3) is 0 Å². The first-order valence-corrected chi connectivity index (χ1v) is 5.78. The fourth-order valence-corrected chi connectivity index (χ4v) is 2.15. The zero-order valence-corrected chi connectivity index (χ0v) is 9.11. The van der Waals surface area contributed by atoms with Gasteiger partial charge in [0.05, 0.1) is 0 Å². The van der Waals surface area contributed by atoms with Crippen LogP contribution in [0.2, 0.25) is 0 Å². The van der Waals surface area contributed by atoms with Gasteiger partial charge < -0.3 is 0 Å². The van der Waals surface area contributed by atoms with Gasteiger partial charge in [-0.05, 0) is 24.7 Å². The summed E-state index contributed by atoms with van der Waals surface area (Å²) < 4.78 is 0. The highest BCUT2D eigenvalue weighted by Gasteiger charge is 2.17. The molecule has 0 heterocycles. The molecule has 0 N–H and O–H groups in total. The first-order chi connectivity index (χ1) is 5.70. The fourth-order valence-electron chi connectivity index (χ4n) is 2.03. The second-order valence-electron chi connectivity index (χ2n) is 4.49. The van der Waals surface area contributed by atoms with E-state index in [-0.39, 0.29) is 0 Å². The van der Waals surface area contributed by atoms with Crippen molar-refractivity contribution in [3.63, 3.8) is 0 Å². The zero-order chi connectivity index (χ0) is 8.97. The number of hydrogen-bond donors (Lipinski definition) is 0. The number of halogens is 1. The van der Waals surface area contributed by atoms with Crippen LogP contribution >= 0.6 is 11.6 Å². The Hall–Kier alpha value is 0.290. The first-order valence-electron chi connectivity index (χ1n) is 5.34. The van der Waals surface area contributed by atoms with Crippen molar-refractivity contribution in [2.24, 2.45) is 11.8 Å². The Balaban J connectivity index is 2.07. The smallest absolute Gasteiger partial charge is 0.0359 e. The van der Waals surface area contributed by atoms with Crippen molar-refractivity contribution in [2.75, 3.05) is 0 Å². The molecule has 1 aliphatic carbocycles. The van der Waals surface area contributed by atoms with Crippen molar-refractivity contribution in [3.8, 4) is 0 Å². The normalized spacial score (nSPS) is 22.0. The minimum atomic E-state index is 0.408. The highest BCUT2D eigenvalue weighted by Crippen LogP contribution is 2.30. The molecule has 1 aliphatic rings. The van der Waals surface area contributed by atoms with Crippen LogP contribution < -0.4 is 0 Å². The molecule has 0 amide bonds. The van der Waals surface area contributed by atoms with Gasteiger partial charge in [-0.25, -0.2) is 0 Å². The van der Waals surface area contributed by atoms with E-state index in [4.69, 9.17) is 11.6 Å². The molecule has 72 valence electrons. The largest absolute Gasteiger partial charge is 0.123 e. The van der Waals surface area contributed by atoms with Crippen LogP contribution in [0, 0.1) is 11.8 Å². The molecule has 1 saturated carbocycles. The maximum absolute atomic E-state index is 6.19. The molecule has 1 atom stereocenters. The molecule has 0 aliphatic heterocycles. The molecule has 0 radical (unpaired) electrons. The SMILES string of the molecule is CC(C)C(Cl)CCC1CCCC1. The number of hydrogen-bond acceptors (Lipinski definition) is 0. The summed E-state index contributed by atoms with van der Waals surface area (Å²) in [6.07, 6.45) is 8.43. The monoisotopic (exact) mass is 188 g/mol. The van der Waals surface area contributed by atoms with Gasteiger partial charge in [-0.3, -0.25) is 0 Å². The van der Waals surface area contributed by atoms with Crippen molar-refractivity contribution in [3.05, 3.63) is 0 Å². The summed E-state index contributed by atoms with van der Waals surface area (Å²) in [6, 6.07) is 0. The lowest BCUT2D eigenvalue weighted by molar-refractivity contribution is 0.446. The van der Waals surface area contributed by atoms with Crippen LogP contribution in [0.5, 0.6) is 0 Å². The van der Waals surface area contributed by atoms with Gasteiger partial charge in [0.15, 0.2) is 0 Å². The molecule has 0 nitrogen and oxygen atoms in total. The maximum atomic E-state index is 6.19. The van der Waals surface area contributed by atoms with Gasteiger partial charge in [0, 0.05) is 5.38 Å². The Kier molecular flexibility index (Phi) is 4.42. The van der Waals surface area contributed by atoms with E-state index in [9.17, 15) is 0 Å². The molecule has 0 spiro atoms. The van der Waals surface area contributed by atoms with Gasteiger partial charge >= 0.3 is 0 Å². The average molecular weight is 189 g/mol. The van der Waals surface area contributed by atoms with Crippen molar-refractivity contribution < 1.29 is 0 Å². The maximum Gasteiger partial charge on any atom is 0.0359 e. The minimum Gasteiger partial charge on any atom is -0.123 e. The lowest BCUT2D eigenvalue weighted by Crippen LogP contribution is -2.09. The van der Waals surface area contributed by atoms with Crippen LogP contribution in [0.1, 0.15) is 52.4 Å². The standard InChI is InChI=1S/C11H21Cl/c1-9(2)11(12)8-7-10-5-3-4-6-10/h9-11H,3-8H2,1-2H3. The molecule has 0 aromatic heterocycles. The molecule has 0 bridgehead atoms. The first kappa shape index (κ1) is 10.4. The molecule has 1 rings (SSSR count). The van der Waals surface area contributed by atoms with Gasteiger partial charge in [0.25, 0.3) is 0 Å². The van der Waals surface area contributed by atoms with Crippen LogP contribution in [0.3, 0.4) is 0 Å². The summed E-state index contributed by atoms with van der Waals surface area (Å²) in [5.74, 6) is 1.65. The Morgan fingerprint density at radius 2 is 1.83 bits per heavy atom. The van der Waals surface area contributed by atoms with Crippen molar-refractivity contribution in [1.29, 1.82) is 0 Å². The number of alkyl halides is 1. The molecule has 0 aromatic carbocycles. The molecular weight excluding hydrogens is 168 g/mol. The quantitative estimate of drug-likeness (QED) is 0.580. The van der Waals surface area contributed by atoms with E-state index in [0.29, 0.717) is 11.3 Å². The second kappa shape index (κ2) is 5.11. The third-order valence-corrected chi connectivity index (χ3v) is 3.77. The van der Waals surface area contributed by atoms with Crippen molar-refractivity contribution in [1.82, 2.24) is 0 Å². The van der Waals surface area contributed by atoms with Gasteiger partial charge in [-0.1, -0.05) is 39.5 Å². The molecule has 1 unspecified atom stereocenters. The molecule has 1 heteroatoms. The Labute approximate surface area is 81.7 Å². The summed E-state index contributed by atoms with van der Waals surface area (Å²) >= 11 is 6.19. The van der Waals surface area contributed by atoms with Crippen LogP contribution in [0.15, 0.2) is 0 Å². The van der Waals surface area contributed by atoms with Gasteiger partial charge in [0.2, 0.25) is 0 Å². The average Bonchev–Trinajstić information content (AvgIpc) is 2.51. The Morgan fingerprint density at radius 3 is 2.33 bits per heavy atom. The summed E-state index contributed by atoms with van der Waals surface area (Å²) in [6.45, 7) is 4.43. The minimum absolute atomic E-state index is 0.408. The lowest BCUT2D eigenvalue weighted by atomic mass is 9.97. The highest BCUT2D eigenvalue weighted by molar-refractivity contribution is 6.20. The van der Waals surface area contributed by atoms with Crippen molar-refractivity contribution >= 4 is 11.6 Å². The lowest BCUT2D eigenvalue weighted by Gasteiger charge is -2.15. The van der Waals surface area contributed by atoms with E-state index in [1.54, 1.807) is 0 Å². The van der Waals surface area contributed by atoms with Crippen LogP contribution in [-0.4, -0.2) is 5.38 Å². The zero-order valence-electron chi connectivity index (χ0n) is 8.35. The highest BCUT2D eigenvalue weighted by atomic mass is 35.5. The van der Waals surface area contributed by atoms with Crippen LogP contribution in [-0.2, 0) is 0 Å². The summed E-state index contributed by atoms with van der Waals surface area (Å²) in [5, 5.41) is 0.408. The summed E-state index contributed by atoms with van der Waals surface area (Å²) in [5.41, 5.74) is 0. The topological polar surface area (TPSA) is 0 Å². The van der Waals surface area contributed by atoms with Crippen LogP contribution in [0.4, 0.5) is 0 Å². The summed E-state index contributed by atoms with van der Waals surface area (Å²) in [4.78, 5) is 0. The van der Waals surface area contributed by atoms with E-state index >= 15 is 0 Å². The van der Waals surface area contributed by atoms with Gasteiger partial charge in [0.1, 0.15) is 0 Å². The van der Waals surface area contributed by atoms with E-state index in [0.717, 1.165) is 5.92 Å². The molecule has 0 aromatic rings. The molecule has 12 heavy (non-hydrogen) atoms. The molecule has 1 fully saturated rings. The number of rotatable bonds is 4. The Bertz CT molecular complexity index is 112. The third kappa shape index (κ3) is 3.35. The molecular formula is C11H21Cl.